The van der Waals surface area contributed by atoms with Gasteiger partial charge >= 0.3 is 0 Å². The van der Waals surface area contributed by atoms with Gasteiger partial charge in [0.05, 0.1) is 10.5 Å². The monoisotopic (exact) mass is 505 g/mol. The summed E-state index contributed by atoms with van der Waals surface area (Å²) in [4.78, 5) is 38.1. The van der Waals surface area contributed by atoms with E-state index in [2.05, 4.69) is 28.9 Å². The molecule has 0 radical (unpaired) electrons. The first-order valence-electron chi connectivity index (χ1n) is 11.9. The highest BCUT2D eigenvalue weighted by Crippen LogP contribution is 2.34. The third-order valence-corrected chi connectivity index (χ3v) is 7.71. The standard InChI is InChI=1S/C26H27N5O2S2/c1-2-3-12-31-25(33)21(35-26(31)34)18-20-23(27-22-11-7-8-13-30(22)24(20)32)29-16-14-28(15-17-29)19-9-5-4-6-10-19/h4-11,13,18H,2-3,12,14-17H2,1H3. The van der Waals surface area contributed by atoms with E-state index in [4.69, 9.17) is 17.2 Å². The Morgan fingerprint density at radius 1 is 1.00 bits per heavy atom. The van der Waals surface area contributed by atoms with Crippen LogP contribution in [0.4, 0.5) is 11.5 Å². The Hall–Kier alpha value is -3.17. The fraction of sp³-hybridized carbons (Fsp3) is 0.308. The number of nitrogens with zero attached hydrogens (tertiary/aromatic N) is 5. The van der Waals surface area contributed by atoms with Gasteiger partial charge in [-0.1, -0.05) is 61.6 Å². The number of unbranched alkanes of at least 4 members (excludes halogenated alkanes) is 1. The number of fused-ring (bicyclic) bond motifs is 1. The van der Waals surface area contributed by atoms with Crippen LogP contribution in [-0.2, 0) is 4.79 Å². The second-order valence-corrected chi connectivity index (χ2v) is 10.3. The highest BCUT2D eigenvalue weighted by Gasteiger charge is 2.32. The minimum absolute atomic E-state index is 0.133. The van der Waals surface area contributed by atoms with Gasteiger partial charge in [0.2, 0.25) is 0 Å². The molecule has 180 valence electrons. The maximum atomic E-state index is 13.6. The molecule has 1 amide bonds. The zero-order chi connectivity index (χ0) is 24.4. The lowest BCUT2D eigenvalue weighted by Gasteiger charge is -2.37. The van der Waals surface area contributed by atoms with E-state index >= 15 is 0 Å². The van der Waals surface area contributed by atoms with Crippen molar-refractivity contribution in [2.24, 2.45) is 0 Å². The summed E-state index contributed by atoms with van der Waals surface area (Å²) in [5.74, 6) is 0.485. The summed E-state index contributed by atoms with van der Waals surface area (Å²) in [6.07, 6.45) is 5.27. The Kier molecular flexibility index (Phi) is 6.88. The fourth-order valence-electron chi connectivity index (χ4n) is 4.41. The minimum atomic E-state index is -0.185. The van der Waals surface area contributed by atoms with Crippen molar-refractivity contribution in [3.05, 3.63) is 75.6 Å². The van der Waals surface area contributed by atoms with Crippen molar-refractivity contribution in [1.29, 1.82) is 0 Å². The third-order valence-electron chi connectivity index (χ3n) is 6.33. The molecule has 35 heavy (non-hydrogen) atoms. The largest absolute Gasteiger partial charge is 0.368 e. The van der Waals surface area contributed by atoms with E-state index in [-0.39, 0.29) is 11.5 Å². The van der Waals surface area contributed by atoms with Gasteiger partial charge in [-0.2, -0.15) is 0 Å². The van der Waals surface area contributed by atoms with Crippen LogP contribution in [0.3, 0.4) is 0 Å². The summed E-state index contributed by atoms with van der Waals surface area (Å²) in [5.41, 5.74) is 2.02. The van der Waals surface area contributed by atoms with Gasteiger partial charge in [0.1, 0.15) is 15.8 Å². The number of anilines is 2. The highest BCUT2D eigenvalue weighted by molar-refractivity contribution is 8.26. The number of pyridine rings is 1. The van der Waals surface area contributed by atoms with E-state index in [0.29, 0.717) is 32.8 Å². The van der Waals surface area contributed by atoms with Crippen molar-refractivity contribution in [3.8, 4) is 0 Å². The van der Waals surface area contributed by atoms with Crippen molar-refractivity contribution >= 4 is 57.4 Å². The highest BCUT2D eigenvalue weighted by atomic mass is 32.2. The Morgan fingerprint density at radius 3 is 2.46 bits per heavy atom. The number of aromatic nitrogens is 2. The van der Waals surface area contributed by atoms with Gasteiger partial charge in [0.25, 0.3) is 11.5 Å². The molecule has 2 aliphatic rings. The normalized spacial score (nSPS) is 17.7. The molecule has 0 spiro atoms. The van der Waals surface area contributed by atoms with Crippen molar-refractivity contribution in [1.82, 2.24) is 14.3 Å². The number of para-hydroxylation sites is 1. The molecular formula is C26H27N5O2S2. The van der Waals surface area contributed by atoms with Gasteiger partial charge in [0, 0.05) is 44.6 Å². The molecule has 2 aliphatic heterocycles. The summed E-state index contributed by atoms with van der Waals surface area (Å²) in [6.45, 7) is 5.77. The Morgan fingerprint density at radius 2 is 1.71 bits per heavy atom. The average Bonchev–Trinajstić information content (AvgIpc) is 3.16. The van der Waals surface area contributed by atoms with Crippen LogP contribution in [0.5, 0.6) is 0 Å². The van der Waals surface area contributed by atoms with Crippen molar-refractivity contribution in [3.63, 3.8) is 0 Å². The summed E-state index contributed by atoms with van der Waals surface area (Å²) in [5, 5.41) is 0. The Balaban J connectivity index is 1.50. The molecular weight excluding hydrogens is 478 g/mol. The molecule has 7 nitrogen and oxygen atoms in total. The SMILES string of the molecule is CCCCN1C(=O)C(=Cc2c(N3CCN(c4ccccc4)CC3)nc3ccccn3c2=O)SC1=S. The number of hydrogen-bond acceptors (Lipinski definition) is 7. The molecule has 0 atom stereocenters. The molecule has 2 saturated heterocycles. The molecule has 0 aliphatic carbocycles. The molecule has 9 heteroatoms. The number of hydrogen-bond donors (Lipinski definition) is 0. The molecule has 0 N–H and O–H groups in total. The lowest BCUT2D eigenvalue weighted by atomic mass is 10.2. The van der Waals surface area contributed by atoms with E-state index < -0.39 is 0 Å². The smallest absolute Gasteiger partial charge is 0.267 e. The van der Waals surface area contributed by atoms with Crippen LogP contribution in [-0.4, -0.2) is 57.2 Å². The number of rotatable bonds is 6. The first-order valence-corrected chi connectivity index (χ1v) is 13.1. The molecule has 3 aromatic rings. The maximum Gasteiger partial charge on any atom is 0.267 e. The first kappa shape index (κ1) is 23.6. The van der Waals surface area contributed by atoms with E-state index in [0.717, 1.165) is 39.0 Å². The Bertz CT molecular complexity index is 1350. The maximum absolute atomic E-state index is 13.6. The summed E-state index contributed by atoms with van der Waals surface area (Å²) in [6, 6.07) is 15.8. The lowest BCUT2D eigenvalue weighted by Crippen LogP contribution is -2.47. The van der Waals surface area contributed by atoms with Crippen LogP contribution in [0.25, 0.3) is 11.7 Å². The van der Waals surface area contributed by atoms with E-state index in [9.17, 15) is 9.59 Å². The second-order valence-electron chi connectivity index (χ2n) is 8.58. The van der Waals surface area contributed by atoms with Crippen molar-refractivity contribution < 1.29 is 4.79 Å². The van der Waals surface area contributed by atoms with E-state index in [1.54, 1.807) is 17.2 Å². The van der Waals surface area contributed by atoms with Gasteiger partial charge < -0.3 is 9.80 Å². The van der Waals surface area contributed by atoms with Crippen molar-refractivity contribution in [2.45, 2.75) is 19.8 Å². The summed E-state index contributed by atoms with van der Waals surface area (Å²) >= 11 is 6.72. The summed E-state index contributed by atoms with van der Waals surface area (Å²) in [7, 11) is 0. The Labute approximate surface area is 214 Å². The van der Waals surface area contributed by atoms with E-state index in [1.165, 1.54) is 21.8 Å². The number of piperazine rings is 1. The number of thioether (sulfide) groups is 1. The van der Waals surface area contributed by atoms with Gasteiger partial charge in [-0.05, 0) is 36.8 Å². The van der Waals surface area contributed by atoms with Crippen LogP contribution >= 0.6 is 24.0 Å². The molecule has 0 bridgehead atoms. The van der Waals surface area contributed by atoms with Crippen LogP contribution in [0.2, 0.25) is 0 Å². The molecule has 0 saturated carbocycles. The number of amides is 1. The van der Waals surface area contributed by atoms with Gasteiger partial charge in [-0.3, -0.25) is 18.9 Å². The van der Waals surface area contributed by atoms with Gasteiger partial charge in [-0.25, -0.2) is 4.98 Å². The fourth-order valence-corrected chi connectivity index (χ4v) is 5.70. The summed E-state index contributed by atoms with van der Waals surface area (Å²) < 4.78 is 2.08. The van der Waals surface area contributed by atoms with Crippen LogP contribution in [0.15, 0.2) is 64.4 Å². The number of thiocarbonyl (C=S) groups is 1. The lowest BCUT2D eigenvalue weighted by molar-refractivity contribution is -0.122. The van der Waals surface area contributed by atoms with E-state index in [1.807, 2.05) is 36.4 Å². The molecule has 2 fully saturated rings. The van der Waals surface area contributed by atoms with Crippen LogP contribution < -0.4 is 15.4 Å². The number of carbonyl (C=O) groups excluding carboxylic acids is 1. The molecule has 4 heterocycles. The number of carbonyl (C=O) groups is 1. The quantitative estimate of drug-likeness (QED) is 0.370. The minimum Gasteiger partial charge on any atom is -0.368 e. The average molecular weight is 506 g/mol. The van der Waals surface area contributed by atoms with Gasteiger partial charge in [-0.15, -0.1) is 0 Å². The molecule has 1 aromatic carbocycles. The first-order chi connectivity index (χ1) is 17.1. The molecule has 0 unspecified atom stereocenters. The van der Waals surface area contributed by atoms with Crippen LogP contribution in [0.1, 0.15) is 25.3 Å². The predicted molar refractivity (Wildman–Crippen MR) is 147 cm³/mol. The van der Waals surface area contributed by atoms with Gasteiger partial charge in [0.15, 0.2) is 0 Å². The topological polar surface area (TPSA) is 61.2 Å². The zero-order valence-corrected chi connectivity index (χ0v) is 21.2. The third kappa shape index (κ3) is 4.70. The zero-order valence-electron chi connectivity index (χ0n) is 19.6. The second kappa shape index (κ2) is 10.2. The molecule has 2 aromatic heterocycles. The molecule has 5 rings (SSSR count). The van der Waals surface area contributed by atoms with Crippen molar-refractivity contribution in [2.75, 3.05) is 42.5 Å². The predicted octanol–water partition coefficient (Wildman–Crippen LogP) is 4.02. The van der Waals surface area contributed by atoms with Crippen LogP contribution in [0, 0.1) is 0 Å². The number of benzene rings is 1.